The monoisotopic (exact) mass is 857 g/mol. The minimum Gasteiger partial charge on any atom is -1.00 e. The van der Waals surface area contributed by atoms with E-state index in [0.29, 0.717) is 0 Å². The van der Waals surface area contributed by atoms with Gasteiger partial charge >= 0.3 is 16.5 Å². The van der Waals surface area contributed by atoms with E-state index in [2.05, 4.69) is 137 Å². The zero-order valence-corrected chi connectivity index (χ0v) is 34.5. The maximum atomic E-state index is 5.40. The van der Waals surface area contributed by atoms with Crippen LogP contribution in [0.5, 0.6) is 0 Å². The van der Waals surface area contributed by atoms with Crippen LogP contribution in [0.3, 0.4) is 0 Å². The molecule has 5 heterocycles. The van der Waals surface area contributed by atoms with Crippen LogP contribution in [0.2, 0.25) is 0 Å². The van der Waals surface area contributed by atoms with Gasteiger partial charge < -0.3 is 38.4 Å². The molecule has 0 spiro atoms. The maximum Gasteiger partial charge on any atom is 2.00 e. The molecule has 276 valence electrons. The van der Waals surface area contributed by atoms with Gasteiger partial charge in [-0.25, -0.2) is 9.97 Å². The molecule has 7 rings (SSSR count). The topological polar surface area (TPSA) is 54.0 Å². The molecule has 2 aliphatic rings. The summed E-state index contributed by atoms with van der Waals surface area (Å²) in [6, 6.07) is 29.9. The first-order valence-corrected chi connectivity index (χ1v) is 19.1. The molecule has 7 heteroatoms. The van der Waals surface area contributed by atoms with Gasteiger partial charge in [-0.1, -0.05) is 98.3 Å². The van der Waals surface area contributed by atoms with Gasteiger partial charge in [0.15, 0.2) is 0 Å². The van der Waals surface area contributed by atoms with E-state index in [0.717, 1.165) is 99.2 Å². The maximum absolute atomic E-state index is 5.40. The second-order valence-corrected chi connectivity index (χ2v) is 13.9. The number of rotatable bonds is 13. The molecule has 53 heavy (non-hydrogen) atoms. The molecule has 3 aromatic heterocycles. The summed E-state index contributed by atoms with van der Waals surface area (Å²) in [4.78, 5) is 21.5. The summed E-state index contributed by atoms with van der Waals surface area (Å²) < 4.78 is 1.17. The van der Waals surface area contributed by atoms with Crippen LogP contribution in [-0.2, 0) is 29.3 Å². The van der Waals surface area contributed by atoms with Crippen LogP contribution < -0.4 is 33.9 Å². The summed E-state index contributed by atoms with van der Waals surface area (Å²) in [6.07, 6.45) is 15.0. The van der Waals surface area contributed by atoms with Gasteiger partial charge in [0.2, 0.25) is 0 Å². The largest absolute Gasteiger partial charge is 2.00 e. The molecule has 0 saturated carbocycles. The number of quaternary nitrogens is 1. The Labute approximate surface area is 342 Å². The molecule has 5 aromatic rings. The van der Waals surface area contributed by atoms with E-state index in [1.165, 1.54) is 48.2 Å². The van der Waals surface area contributed by atoms with Crippen molar-refractivity contribution in [3.63, 3.8) is 0 Å². The number of halogens is 1. The van der Waals surface area contributed by atoms with Gasteiger partial charge in [0.25, 0.3) is 0 Å². The van der Waals surface area contributed by atoms with Crippen LogP contribution in [0, 0.1) is 0 Å². The third kappa shape index (κ3) is 8.64. The Morgan fingerprint density at radius 2 is 0.906 bits per heavy atom. The molecule has 0 fully saturated rings. The van der Waals surface area contributed by atoms with Gasteiger partial charge in [-0.3, -0.25) is 0 Å². The first-order chi connectivity index (χ1) is 25.1. The molecular formula is C46H50IN5Ni. The van der Waals surface area contributed by atoms with Gasteiger partial charge in [-0.05, 0) is 111 Å². The number of fused-ring (bicyclic) bond motifs is 8. The summed E-state index contributed by atoms with van der Waals surface area (Å²) in [5, 5.41) is 0. The Morgan fingerprint density at radius 1 is 0.491 bits per heavy atom. The van der Waals surface area contributed by atoms with Gasteiger partial charge in [0.05, 0.1) is 49.0 Å². The third-order valence-corrected chi connectivity index (χ3v) is 11.0. The molecule has 0 amide bonds. The fourth-order valence-corrected chi connectivity index (χ4v) is 7.76. The molecule has 0 saturated heterocycles. The van der Waals surface area contributed by atoms with Crippen LogP contribution >= 0.6 is 0 Å². The minimum atomic E-state index is 0. The van der Waals surface area contributed by atoms with E-state index in [9.17, 15) is 0 Å². The summed E-state index contributed by atoms with van der Waals surface area (Å²) in [5.74, 6) is 0. The van der Waals surface area contributed by atoms with E-state index < -0.39 is 0 Å². The molecule has 0 atom stereocenters. The zero-order valence-electron chi connectivity index (χ0n) is 31.4. The standard InChI is InChI=1S/C46H50N5.HI.Ni/c1-5-9-22-35-37-24-28-41(47-37)45(33-18-12-10-13-19-33)43-30-26-39(49-43)36(23-16-17-32-51(6-2,7-3)8-4)40-27-31-44(50-40)46(34-20-14-11-15-21-34)42-29-25-38(35)48-42;;/h10-15,18-21,24-31H,5-9,16-17,22-23,32H2,1-4H3;1H;/q-1;;+2/p-1. The SMILES string of the molecule is CCCCc1c2nc(c(-c3ccccc3)c3ccc([n-]3)c(CCCC[N+](CC)(CC)CC)c3nc(c(-c4ccccc4)c4ccc1[n-]4)C=C3)C=C2.[I-].[Ni+2]. The predicted octanol–water partition coefficient (Wildman–Crippen LogP) is 7.79. The Bertz CT molecular complexity index is 2170. The van der Waals surface area contributed by atoms with Crippen LogP contribution in [0.25, 0.3) is 68.6 Å². The number of hydrogen-bond acceptors (Lipinski definition) is 2. The smallest absolute Gasteiger partial charge is 1.00 e. The molecule has 0 N–H and O–H groups in total. The van der Waals surface area contributed by atoms with Gasteiger partial charge in [-0.15, -0.1) is 22.1 Å². The van der Waals surface area contributed by atoms with Gasteiger partial charge in [0, 0.05) is 0 Å². The summed E-state index contributed by atoms with van der Waals surface area (Å²) in [7, 11) is 0. The normalized spacial score (nSPS) is 12.1. The summed E-state index contributed by atoms with van der Waals surface area (Å²) in [5.41, 5.74) is 14.4. The van der Waals surface area contributed by atoms with Crippen molar-refractivity contribution in [3.8, 4) is 22.3 Å². The van der Waals surface area contributed by atoms with E-state index in [4.69, 9.17) is 19.9 Å². The average Bonchev–Trinajstić information content (AvgIpc) is 4.01. The number of nitrogens with zero attached hydrogens (tertiary/aromatic N) is 5. The number of benzene rings is 2. The Morgan fingerprint density at radius 3 is 1.34 bits per heavy atom. The Kier molecular flexibility index (Phi) is 14.1. The summed E-state index contributed by atoms with van der Waals surface area (Å²) in [6.45, 7) is 13.9. The number of aromatic nitrogens is 4. The van der Waals surface area contributed by atoms with Crippen LogP contribution in [0.4, 0.5) is 0 Å². The van der Waals surface area contributed by atoms with Crippen LogP contribution in [0.15, 0.2) is 84.9 Å². The molecule has 2 aromatic carbocycles. The number of hydrogen-bond donors (Lipinski definition) is 0. The van der Waals surface area contributed by atoms with Crippen molar-refractivity contribution in [2.75, 3.05) is 26.2 Å². The predicted molar refractivity (Wildman–Crippen MR) is 216 cm³/mol. The average molecular weight is 859 g/mol. The van der Waals surface area contributed by atoms with E-state index in [1.54, 1.807) is 0 Å². The first kappa shape index (κ1) is 40.4. The van der Waals surface area contributed by atoms with E-state index in [1.807, 2.05) is 0 Å². The fourth-order valence-electron chi connectivity index (χ4n) is 7.76. The summed E-state index contributed by atoms with van der Waals surface area (Å²) >= 11 is 0. The van der Waals surface area contributed by atoms with E-state index in [-0.39, 0.29) is 40.5 Å². The molecule has 2 aliphatic heterocycles. The zero-order chi connectivity index (χ0) is 35.2. The molecule has 8 bridgehead atoms. The van der Waals surface area contributed by atoms with Crippen molar-refractivity contribution in [3.05, 3.63) is 119 Å². The quantitative estimate of drug-likeness (QED) is 0.0515. The molecule has 0 radical (unpaired) electrons. The first-order valence-electron chi connectivity index (χ1n) is 19.1. The Balaban J connectivity index is 0.00000271. The second kappa shape index (κ2) is 18.5. The Hall–Kier alpha value is -3.78. The van der Waals surface area contributed by atoms with Crippen molar-refractivity contribution in [2.24, 2.45) is 0 Å². The van der Waals surface area contributed by atoms with Crippen molar-refractivity contribution >= 4 is 46.4 Å². The van der Waals surface area contributed by atoms with Gasteiger partial charge in [-0.2, -0.15) is 0 Å². The minimum absolute atomic E-state index is 0. The van der Waals surface area contributed by atoms with Crippen molar-refractivity contribution in [2.45, 2.75) is 66.2 Å². The molecular weight excluding hydrogens is 808 g/mol. The van der Waals surface area contributed by atoms with Crippen LogP contribution in [0.1, 0.15) is 87.3 Å². The second-order valence-electron chi connectivity index (χ2n) is 13.9. The molecule has 5 nitrogen and oxygen atoms in total. The van der Waals surface area contributed by atoms with Gasteiger partial charge in [0.1, 0.15) is 0 Å². The van der Waals surface area contributed by atoms with Crippen molar-refractivity contribution in [1.29, 1.82) is 0 Å². The molecule has 0 aliphatic carbocycles. The van der Waals surface area contributed by atoms with Crippen molar-refractivity contribution < 1.29 is 45.0 Å². The van der Waals surface area contributed by atoms with E-state index >= 15 is 0 Å². The number of aryl methyl sites for hydroxylation is 2. The van der Waals surface area contributed by atoms with Crippen molar-refractivity contribution in [1.82, 2.24) is 19.9 Å². The third-order valence-electron chi connectivity index (χ3n) is 11.0. The molecule has 0 unspecified atom stereocenters. The number of unbranched alkanes of at least 4 members (excludes halogenated alkanes) is 2. The van der Waals surface area contributed by atoms with Crippen LogP contribution in [-0.4, -0.2) is 40.6 Å². The fraction of sp³-hybridized carbons (Fsp3) is 0.304.